The van der Waals surface area contributed by atoms with E-state index in [0.29, 0.717) is 5.92 Å². The molecular formula is C15H22N2O2. The van der Waals surface area contributed by atoms with E-state index in [1.54, 1.807) is 7.11 Å². The number of likely N-dealkylation sites (tertiary alicyclic amines) is 1. The quantitative estimate of drug-likeness (QED) is 0.902. The zero-order valence-electron chi connectivity index (χ0n) is 11.5. The Bertz CT molecular complexity index is 444. The monoisotopic (exact) mass is 262 g/mol. The summed E-state index contributed by atoms with van der Waals surface area (Å²) in [6, 6.07) is 5.93. The van der Waals surface area contributed by atoms with Gasteiger partial charge in [0.25, 0.3) is 0 Å². The van der Waals surface area contributed by atoms with Crippen LogP contribution in [0.2, 0.25) is 0 Å². The third-order valence-corrected chi connectivity index (χ3v) is 4.23. The first kappa shape index (κ1) is 12.8. The SMILES string of the molecule is COc1ccc2c(c1)C(N)C(CN1CCCC1)CO2. The zero-order chi connectivity index (χ0) is 13.2. The normalized spacial score (nSPS) is 26.8. The first-order valence-electron chi connectivity index (χ1n) is 7.06. The van der Waals surface area contributed by atoms with Gasteiger partial charge in [-0.15, -0.1) is 0 Å². The summed E-state index contributed by atoms with van der Waals surface area (Å²) in [5.41, 5.74) is 7.51. The van der Waals surface area contributed by atoms with Gasteiger partial charge in [0.15, 0.2) is 0 Å². The maximum absolute atomic E-state index is 6.43. The molecule has 4 nitrogen and oxygen atoms in total. The molecule has 0 spiro atoms. The van der Waals surface area contributed by atoms with Gasteiger partial charge in [0.2, 0.25) is 0 Å². The molecule has 2 aliphatic rings. The highest BCUT2D eigenvalue weighted by Crippen LogP contribution is 2.36. The van der Waals surface area contributed by atoms with E-state index in [9.17, 15) is 0 Å². The maximum Gasteiger partial charge on any atom is 0.124 e. The molecule has 2 N–H and O–H groups in total. The molecular weight excluding hydrogens is 240 g/mol. The van der Waals surface area contributed by atoms with E-state index in [0.717, 1.165) is 30.2 Å². The van der Waals surface area contributed by atoms with Crippen LogP contribution < -0.4 is 15.2 Å². The molecule has 1 aromatic rings. The second kappa shape index (κ2) is 5.39. The fourth-order valence-corrected chi connectivity index (χ4v) is 3.06. The lowest BCUT2D eigenvalue weighted by atomic mass is 9.91. The molecule has 19 heavy (non-hydrogen) atoms. The van der Waals surface area contributed by atoms with Gasteiger partial charge in [0.05, 0.1) is 13.7 Å². The second-order valence-corrected chi connectivity index (χ2v) is 5.51. The summed E-state index contributed by atoms with van der Waals surface area (Å²) in [7, 11) is 1.68. The highest BCUT2D eigenvalue weighted by Gasteiger charge is 2.30. The van der Waals surface area contributed by atoms with E-state index in [1.165, 1.54) is 25.9 Å². The van der Waals surface area contributed by atoms with E-state index in [2.05, 4.69) is 4.90 Å². The fourth-order valence-electron chi connectivity index (χ4n) is 3.06. The lowest BCUT2D eigenvalue weighted by molar-refractivity contribution is 0.151. The van der Waals surface area contributed by atoms with E-state index in [-0.39, 0.29) is 6.04 Å². The van der Waals surface area contributed by atoms with E-state index >= 15 is 0 Å². The molecule has 2 atom stereocenters. The summed E-state index contributed by atoms with van der Waals surface area (Å²) in [5, 5.41) is 0. The molecule has 0 saturated carbocycles. The van der Waals surface area contributed by atoms with Gasteiger partial charge in [-0.25, -0.2) is 0 Å². The molecule has 3 rings (SSSR count). The summed E-state index contributed by atoms with van der Waals surface area (Å²) in [4.78, 5) is 2.50. The Hall–Kier alpha value is -1.26. The Morgan fingerprint density at radius 1 is 1.37 bits per heavy atom. The maximum atomic E-state index is 6.43. The van der Waals surface area contributed by atoms with Crippen molar-refractivity contribution in [1.82, 2.24) is 4.90 Å². The molecule has 2 heterocycles. The van der Waals surface area contributed by atoms with Crippen LogP contribution in [0.15, 0.2) is 18.2 Å². The van der Waals surface area contributed by atoms with Gasteiger partial charge in [0, 0.05) is 24.1 Å². The molecule has 0 amide bonds. The van der Waals surface area contributed by atoms with E-state index < -0.39 is 0 Å². The number of nitrogens with two attached hydrogens (primary N) is 1. The summed E-state index contributed by atoms with van der Waals surface area (Å²) in [5.74, 6) is 2.13. The van der Waals surface area contributed by atoms with Gasteiger partial charge in [-0.3, -0.25) is 0 Å². The van der Waals surface area contributed by atoms with Crippen molar-refractivity contribution in [2.45, 2.75) is 18.9 Å². The molecule has 0 bridgehead atoms. The molecule has 0 radical (unpaired) electrons. The Morgan fingerprint density at radius 2 is 2.16 bits per heavy atom. The van der Waals surface area contributed by atoms with Gasteiger partial charge < -0.3 is 20.1 Å². The van der Waals surface area contributed by atoms with Crippen molar-refractivity contribution >= 4 is 0 Å². The molecule has 4 heteroatoms. The Balaban J connectivity index is 1.75. The Morgan fingerprint density at radius 3 is 2.89 bits per heavy atom. The fraction of sp³-hybridized carbons (Fsp3) is 0.600. The first-order chi connectivity index (χ1) is 9.28. The smallest absolute Gasteiger partial charge is 0.124 e. The molecule has 2 unspecified atom stereocenters. The summed E-state index contributed by atoms with van der Waals surface area (Å²) < 4.78 is 11.1. The van der Waals surface area contributed by atoms with Crippen molar-refractivity contribution in [3.63, 3.8) is 0 Å². The molecule has 0 aromatic heterocycles. The van der Waals surface area contributed by atoms with Crippen molar-refractivity contribution in [3.8, 4) is 11.5 Å². The number of benzene rings is 1. The first-order valence-corrected chi connectivity index (χ1v) is 7.06. The van der Waals surface area contributed by atoms with Gasteiger partial charge >= 0.3 is 0 Å². The molecule has 1 aromatic carbocycles. The summed E-state index contributed by atoms with van der Waals surface area (Å²) in [6.07, 6.45) is 2.63. The van der Waals surface area contributed by atoms with Crippen molar-refractivity contribution < 1.29 is 9.47 Å². The van der Waals surface area contributed by atoms with Crippen LogP contribution in [0, 0.1) is 5.92 Å². The molecule has 1 saturated heterocycles. The van der Waals surface area contributed by atoms with Crippen molar-refractivity contribution in [1.29, 1.82) is 0 Å². The minimum Gasteiger partial charge on any atom is -0.497 e. The summed E-state index contributed by atoms with van der Waals surface area (Å²) in [6.45, 7) is 4.16. The van der Waals surface area contributed by atoms with Crippen molar-refractivity contribution in [3.05, 3.63) is 23.8 Å². The van der Waals surface area contributed by atoms with Crippen molar-refractivity contribution in [2.24, 2.45) is 11.7 Å². The molecule has 2 aliphatic heterocycles. The number of methoxy groups -OCH3 is 1. The minimum absolute atomic E-state index is 0.0412. The van der Waals surface area contributed by atoms with Crippen LogP contribution >= 0.6 is 0 Å². The molecule has 104 valence electrons. The largest absolute Gasteiger partial charge is 0.497 e. The highest BCUT2D eigenvalue weighted by molar-refractivity contribution is 5.43. The highest BCUT2D eigenvalue weighted by atomic mass is 16.5. The van der Waals surface area contributed by atoms with Crippen LogP contribution in [0.25, 0.3) is 0 Å². The van der Waals surface area contributed by atoms with Crippen molar-refractivity contribution in [2.75, 3.05) is 33.4 Å². The predicted molar refractivity (Wildman–Crippen MR) is 74.6 cm³/mol. The van der Waals surface area contributed by atoms with Gasteiger partial charge in [-0.1, -0.05) is 0 Å². The van der Waals surface area contributed by atoms with E-state index in [4.69, 9.17) is 15.2 Å². The van der Waals surface area contributed by atoms with Crippen LogP contribution in [-0.2, 0) is 0 Å². The van der Waals surface area contributed by atoms with Gasteiger partial charge in [-0.05, 0) is 44.1 Å². The van der Waals surface area contributed by atoms with Crippen LogP contribution in [0.4, 0.5) is 0 Å². The third-order valence-electron chi connectivity index (χ3n) is 4.23. The number of fused-ring (bicyclic) bond motifs is 1. The molecule has 0 aliphatic carbocycles. The topological polar surface area (TPSA) is 47.7 Å². The lowest BCUT2D eigenvalue weighted by Crippen LogP contribution is -2.39. The second-order valence-electron chi connectivity index (χ2n) is 5.51. The minimum atomic E-state index is 0.0412. The third kappa shape index (κ3) is 2.55. The Labute approximate surface area is 114 Å². The number of rotatable bonds is 3. The standard InChI is InChI=1S/C15H22N2O2/c1-18-12-4-5-14-13(8-12)15(16)11(10-19-14)9-17-6-2-3-7-17/h4-5,8,11,15H,2-3,6-7,9-10,16H2,1H3. The van der Waals surface area contributed by atoms with Crippen LogP contribution in [0.3, 0.4) is 0 Å². The van der Waals surface area contributed by atoms with Crippen LogP contribution in [-0.4, -0.2) is 38.3 Å². The summed E-state index contributed by atoms with van der Waals surface area (Å²) >= 11 is 0. The Kier molecular flexibility index (Phi) is 3.62. The zero-order valence-corrected chi connectivity index (χ0v) is 11.5. The van der Waals surface area contributed by atoms with Crippen LogP contribution in [0.5, 0.6) is 11.5 Å². The number of ether oxygens (including phenoxy) is 2. The van der Waals surface area contributed by atoms with Gasteiger partial charge in [-0.2, -0.15) is 0 Å². The average Bonchev–Trinajstić information content (AvgIpc) is 2.95. The number of hydrogen-bond donors (Lipinski definition) is 1. The van der Waals surface area contributed by atoms with E-state index in [1.807, 2.05) is 18.2 Å². The number of hydrogen-bond acceptors (Lipinski definition) is 4. The molecule has 1 fully saturated rings. The predicted octanol–water partition coefficient (Wildman–Crippen LogP) is 1.80. The van der Waals surface area contributed by atoms with Crippen LogP contribution in [0.1, 0.15) is 24.4 Å². The van der Waals surface area contributed by atoms with Gasteiger partial charge in [0.1, 0.15) is 11.5 Å². The number of nitrogens with zero attached hydrogens (tertiary/aromatic N) is 1. The average molecular weight is 262 g/mol. The lowest BCUT2D eigenvalue weighted by Gasteiger charge is -2.33.